The van der Waals surface area contributed by atoms with E-state index in [1.54, 1.807) is 0 Å². The second kappa shape index (κ2) is 7.77. The molecule has 2 aliphatic rings. The van der Waals surface area contributed by atoms with Gasteiger partial charge < -0.3 is 15.4 Å². The average Bonchev–Trinajstić information content (AvgIpc) is 2.63. The van der Waals surface area contributed by atoms with Gasteiger partial charge in [-0.25, -0.2) is 0 Å². The maximum atomic E-state index is 12.6. The molecule has 2 amide bonds. The molecule has 0 unspecified atom stereocenters. The zero-order chi connectivity index (χ0) is 16.9. The molecule has 0 bridgehead atoms. The first-order valence-corrected chi connectivity index (χ1v) is 8.61. The zero-order valence-corrected chi connectivity index (χ0v) is 13.9. The van der Waals surface area contributed by atoms with Gasteiger partial charge in [-0.1, -0.05) is 30.3 Å². The van der Waals surface area contributed by atoms with Crippen LogP contribution < -0.4 is 5.73 Å². The van der Waals surface area contributed by atoms with Crippen LogP contribution in [-0.4, -0.2) is 61.0 Å². The predicted molar refractivity (Wildman–Crippen MR) is 90.1 cm³/mol. The number of rotatable bonds is 4. The SMILES string of the molecule is NC(=O)[C@H](c1ccccc1)N1CCC(C(=O)N2CCOCC2)CC1. The number of hydrogen-bond donors (Lipinski definition) is 1. The van der Waals surface area contributed by atoms with Crippen molar-refractivity contribution in [1.82, 2.24) is 9.80 Å². The van der Waals surface area contributed by atoms with Crippen molar-refractivity contribution in [3.05, 3.63) is 35.9 Å². The third kappa shape index (κ3) is 3.76. The molecule has 2 aliphatic heterocycles. The largest absolute Gasteiger partial charge is 0.378 e. The number of piperidine rings is 1. The second-order valence-corrected chi connectivity index (χ2v) is 6.46. The third-order valence-electron chi connectivity index (χ3n) is 4.95. The summed E-state index contributed by atoms with van der Waals surface area (Å²) in [6.07, 6.45) is 1.54. The van der Waals surface area contributed by atoms with Crippen molar-refractivity contribution in [3.8, 4) is 0 Å². The smallest absolute Gasteiger partial charge is 0.239 e. The lowest BCUT2D eigenvalue weighted by molar-refractivity contribution is -0.141. The van der Waals surface area contributed by atoms with E-state index in [9.17, 15) is 9.59 Å². The molecule has 2 N–H and O–H groups in total. The van der Waals surface area contributed by atoms with Gasteiger partial charge in [0.15, 0.2) is 0 Å². The maximum Gasteiger partial charge on any atom is 0.239 e. The monoisotopic (exact) mass is 331 g/mol. The van der Waals surface area contributed by atoms with E-state index < -0.39 is 6.04 Å². The summed E-state index contributed by atoms with van der Waals surface area (Å²) in [5, 5.41) is 0. The van der Waals surface area contributed by atoms with E-state index in [0.29, 0.717) is 39.4 Å². The first-order chi connectivity index (χ1) is 11.7. The normalized spacial score (nSPS) is 21.4. The lowest BCUT2D eigenvalue weighted by atomic mass is 9.92. The maximum absolute atomic E-state index is 12.6. The second-order valence-electron chi connectivity index (χ2n) is 6.46. The minimum atomic E-state index is -0.411. The fourth-order valence-corrected chi connectivity index (χ4v) is 3.64. The van der Waals surface area contributed by atoms with E-state index >= 15 is 0 Å². The van der Waals surface area contributed by atoms with Gasteiger partial charge in [-0.2, -0.15) is 0 Å². The van der Waals surface area contributed by atoms with Gasteiger partial charge in [0.1, 0.15) is 6.04 Å². The summed E-state index contributed by atoms with van der Waals surface area (Å²) >= 11 is 0. The Bertz CT molecular complexity index is 564. The highest BCUT2D eigenvalue weighted by molar-refractivity contribution is 5.82. The van der Waals surface area contributed by atoms with Gasteiger partial charge >= 0.3 is 0 Å². The number of nitrogens with zero attached hydrogens (tertiary/aromatic N) is 2. The Morgan fingerprint density at radius 2 is 1.67 bits per heavy atom. The first-order valence-electron chi connectivity index (χ1n) is 8.61. The molecule has 0 aliphatic carbocycles. The summed E-state index contributed by atoms with van der Waals surface area (Å²) in [5.74, 6) is -0.0592. The fraction of sp³-hybridized carbons (Fsp3) is 0.556. The molecule has 2 saturated heterocycles. The number of primary amides is 1. The summed E-state index contributed by atoms with van der Waals surface area (Å²) in [5.41, 5.74) is 6.56. The number of amides is 2. The molecule has 0 saturated carbocycles. The summed E-state index contributed by atoms with van der Waals surface area (Å²) in [7, 11) is 0. The molecular formula is C18H25N3O3. The third-order valence-corrected chi connectivity index (χ3v) is 4.95. The molecule has 1 aromatic carbocycles. The van der Waals surface area contributed by atoms with Crippen LogP contribution >= 0.6 is 0 Å². The minimum Gasteiger partial charge on any atom is -0.378 e. The number of morpholine rings is 1. The van der Waals surface area contributed by atoms with E-state index in [-0.39, 0.29) is 17.7 Å². The Kier molecular flexibility index (Phi) is 5.48. The number of nitrogens with two attached hydrogens (primary N) is 1. The Hall–Kier alpha value is -1.92. The van der Waals surface area contributed by atoms with Crippen LogP contribution in [0.4, 0.5) is 0 Å². The topological polar surface area (TPSA) is 75.9 Å². The summed E-state index contributed by atoms with van der Waals surface area (Å²) < 4.78 is 5.31. The zero-order valence-electron chi connectivity index (χ0n) is 13.9. The number of hydrogen-bond acceptors (Lipinski definition) is 4. The molecule has 130 valence electrons. The van der Waals surface area contributed by atoms with Crippen LogP contribution in [0.2, 0.25) is 0 Å². The van der Waals surface area contributed by atoms with Crippen molar-refractivity contribution in [1.29, 1.82) is 0 Å². The number of likely N-dealkylation sites (tertiary alicyclic amines) is 1. The van der Waals surface area contributed by atoms with Crippen LogP contribution in [0.1, 0.15) is 24.4 Å². The van der Waals surface area contributed by atoms with Crippen LogP contribution in [0.15, 0.2) is 30.3 Å². The van der Waals surface area contributed by atoms with Crippen LogP contribution in [0.3, 0.4) is 0 Å². The molecule has 0 radical (unpaired) electrons. The van der Waals surface area contributed by atoms with Crippen molar-refractivity contribution < 1.29 is 14.3 Å². The molecule has 0 spiro atoms. The minimum absolute atomic E-state index is 0.0450. The van der Waals surface area contributed by atoms with Crippen molar-refractivity contribution in [3.63, 3.8) is 0 Å². The number of ether oxygens (including phenoxy) is 1. The highest BCUT2D eigenvalue weighted by Crippen LogP contribution is 2.28. The van der Waals surface area contributed by atoms with E-state index in [4.69, 9.17) is 10.5 Å². The van der Waals surface area contributed by atoms with Crippen LogP contribution in [-0.2, 0) is 14.3 Å². The number of carbonyl (C=O) groups is 2. The van der Waals surface area contributed by atoms with E-state index in [2.05, 4.69) is 4.90 Å². The van der Waals surface area contributed by atoms with Crippen LogP contribution in [0, 0.1) is 5.92 Å². The van der Waals surface area contributed by atoms with Crippen molar-refractivity contribution in [2.75, 3.05) is 39.4 Å². The van der Waals surface area contributed by atoms with Crippen molar-refractivity contribution in [2.45, 2.75) is 18.9 Å². The highest BCUT2D eigenvalue weighted by Gasteiger charge is 2.33. The number of benzene rings is 1. The van der Waals surface area contributed by atoms with Gasteiger partial charge in [-0.3, -0.25) is 14.5 Å². The van der Waals surface area contributed by atoms with Gasteiger partial charge in [0.25, 0.3) is 0 Å². The number of carbonyl (C=O) groups excluding carboxylic acids is 2. The van der Waals surface area contributed by atoms with Crippen molar-refractivity contribution in [2.24, 2.45) is 11.7 Å². The molecule has 6 nitrogen and oxygen atoms in total. The van der Waals surface area contributed by atoms with Crippen LogP contribution in [0.25, 0.3) is 0 Å². The lowest BCUT2D eigenvalue weighted by Gasteiger charge is -2.38. The molecule has 2 fully saturated rings. The van der Waals surface area contributed by atoms with E-state index in [1.165, 1.54) is 0 Å². The molecule has 2 heterocycles. The van der Waals surface area contributed by atoms with Gasteiger partial charge in [-0.05, 0) is 31.5 Å². The molecule has 1 atom stereocenters. The Balaban J connectivity index is 1.61. The molecule has 24 heavy (non-hydrogen) atoms. The highest BCUT2D eigenvalue weighted by atomic mass is 16.5. The fourth-order valence-electron chi connectivity index (χ4n) is 3.64. The lowest BCUT2D eigenvalue weighted by Crippen LogP contribution is -2.48. The van der Waals surface area contributed by atoms with Gasteiger partial charge in [0.05, 0.1) is 13.2 Å². The van der Waals surface area contributed by atoms with Gasteiger partial charge in [0, 0.05) is 19.0 Å². The van der Waals surface area contributed by atoms with Gasteiger partial charge in [-0.15, -0.1) is 0 Å². The van der Waals surface area contributed by atoms with E-state index in [1.807, 2.05) is 35.2 Å². The quantitative estimate of drug-likeness (QED) is 0.885. The molecule has 3 rings (SSSR count). The van der Waals surface area contributed by atoms with Gasteiger partial charge in [0.2, 0.25) is 11.8 Å². The summed E-state index contributed by atoms with van der Waals surface area (Å²) in [6, 6.07) is 9.21. The Morgan fingerprint density at radius 3 is 2.25 bits per heavy atom. The van der Waals surface area contributed by atoms with Crippen LogP contribution in [0.5, 0.6) is 0 Å². The molecule has 0 aromatic heterocycles. The summed E-state index contributed by atoms with van der Waals surface area (Å²) in [4.78, 5) is 28.6. The standard InChI is InChI=1S/C18H25N3O3/c19-17(22)16(14-4-2-1-3-5-14)20-8-6-15(7-9-20)18(23)21-10-12-24-13-11-21/h1-5,15-16H,6-13H2,(H2,19,22)/t16-/m0/s1. The van der Waals surface area contributed by atoms with Crippen molar-refractivity contribution >= 4 is 11.8 Å². The molecular weight excluding hydrogens is 306 g/mol. The average molecular weight is 331 g/mol. The predicted octanol–water partition coefficient (Wildman–Crippen LogP) is 0.784. The summed E-state index contributed by atoms with van der Waals surface area (Å²) in [6.45, 7) is 4.05. The Labute approximate surface area is 142 Å². The molecule has 6 heteroatoms. The molecule has 1 aromatic rings. The Morgan fingerprint density at radius 1 is 1.04 bits per heavy atom. The van der Waals surface area contributed by atoms with E-state index in [0.717, 1.165) is 18.4 Å². The first kappa shape index (κ1) is 16.9.